The third-order valence-electron chi connectivity index (χ3n) is 2.71. The van der Waals surface area contributed by atoms with Crippen LogP contribution in [0.3, 0.4) is 0 Å². The molecule has 0 spiro atoms. The second-order valence-electron chi connectivity index (χ2n) is 5.16. The second-order valence-corrected chi connectivity index (χ2v) is 6.08. The molecule has 0 aliphatic rings. The average molecular weight is 336 g/mol. The van der Waals surface area contributed by atoms with Gasteiger partial charge in [-0.05, 0) is 18.1 Å². The Morgan fingerprint density at radius 2 is 1.84 bits per heavy atom. The Morgan fingerprint density at radius 1 is 1.21 bits per heavy atom. The van der Waals surface area contributed by atoms with Gasteiger partial charge in [0.25, 0.3) is 0 Å². The number of nitrogens with one attached hydrogen (secondary N) is 1. The molecule has 0 saturated heterocycles. The Balaban J connectivity index is 2.84. The minimum atomic E-state index is -0.946. The van der Waals surface area contributed by atoms with Crippen molar-refractivity contribution in [2.45, 2.75) is 39.8 Å². The SMILES string of the molecule is CC(C)NCC(Oc1cc(Br)cc(F)c1F)C(C)C. The van der Waals surface area contributed by atoms with E-state index in [1.807, 2.05) is 27.7 Å². The number of rotatable bonds is 6. The molecule has 108 valence electrons. The van der Waals surface area contributed by atoms with Crippen LogP contribution >= 0.6 is 15.9 Å². The van der Waals surface area contributed by atoms with Crippen molar-refractivity contribution < 1.29 is 13.5 Å². The molecule has 0 amide bonds. The number of ether oxygens (including phenoxy) is 1. The van der Waals surface area contributed by atoms with Gasteiger partial charge in [0.15, 0.2) is 11.6 Å². The smallest absolute Gasteiger partial charge is 0.200 e. The van der Waals surface area contributed by atoms with E-state index in [4.69, 9.17) is 4.74 Å². The van der Waals surface area contributed by atoms with Crippen LogP contribution in [0.2, 0.25) is 0 Å². The van der Waals surface area contributed by atoms with Gasteiger partial charge in [0, 0.05) is 17.1 Å². The Hall–Kier alpha value is -0.680. The molecule has 0 aliphatic heterocycles. The standard InChI is InChI=1S/C14H20BrF2NO/c1-8(2)13(7-18-9(3)4)19-12-6-10(15)5-11(16)14(12)17/h5-6,8-9,13,18H,7H2,1-4H3. The predicted molar refractivity (Wildman–Crippen MR) is 76.5 cm³/mol. The molecular formula is C14H20BrF2NO. The zero-order chi connectivity index (χ0) is 14.6. The molecule has 1 rings (SSSR count). The van der Waals surface area contributed by atoms with E-state index in [1.54, 1.807) is 0 Å². The minimum absolute atomic E-state index is 0.0591. The summed E-state index contributed by atoms with van der Waals surface area (Å²) in [5.74, 6) is -1.73. The van der Waals surface area contributed by atoms with Gasteiger partial charge in [0.1, 0.15) is 6.10 Å². The third-order valence-corrected chi connectivity index (χ3v) is 3.17. The number of benzene rings is 1. The highest BCUT2D eigenvalue weighted by molar-refractivity contribution is 9.10. The van der Waals surface area contributed by atoms with E-state index in [2.05, 4.69) is 21.2 Å². The lowest BCUT2D eigenvalue weighted by atomic mass is 10.1. The van der Waals surface area contributed by atoms with Crippen LogP contribution in [0, 0.1) is 17.6 Å². The van der Waals surface area contributed by atoms with Crippen molar-refractivity contribution in [3.8, 4) is 5.75 Å². The molecule has 0 heterocycles. The van der Waals surface area contributed by atoms with Crippen LogP contribution < -0.4 is 10.1 Å². The summed E-state index contributed by atoms with van der Waals surface area (Å²) in [7, 11) is 0. The van der Waals surface area contributed by atoms with Crippen molar-refractivity contribution in [2.75, 3.05) is 6.54 Å². The quantitative estimate of drug-likeness (QED) is 0.789. The van der Waals surface area contributed by atoms with Crippen LogP contribution in [0.15, 0.2) is 16.6 Å². The Bertz CT molecular complexity index is 424. The minimum Gasteiger partial charge on any atom is -0.486 e. The van der Waals surface area contributed by atoms with Gasteiger partial charge in [-0.15, -0.1) is 0 Å². The van der Waals surface area contributed by atoms with Gasteiger partial charge in [0.05, 0.1) is 0 Å². The van der Waals surface area contributed by atoms with Crippen molar-refractivity contribution >= 4 is 15.9 Å². The molecule has 0 saturated carbocycles. The third kappa shape index (κ3) is 5.07. The van der Waals surface area contributed by atoms with E-state index >= 15 is 0 Å². The Labute approximate surface area is 121 Å². The maximum atomic E-state index is 13.7. The fourth-order valence-corrected chi connectivity index (χ4v) is 1.96. The molecule has 1 atom stereocenters. The molecule has 1 unspecified atom stereocenters. The number of hydrogen-bond acceptors (Lipinski definition) is 2. The molecule has 0 aromatic heterocycles. The summed E-state index contributed by atoms with van der Waals surface area (Å²) in [6, 6.07) is 2.84. The molecule has 2 nitrogen and oxygen atoms in total. The van der Waals surface area contributed by atoms with Gasteiger partial charge >= 0.3 is 0 Å². The lowest BCUT2D eigenvalue weighted by Gasteiger charge is -2.24. The second kappa shape index (κ2) is 7.20. The molecule has 1 aromatic rings. The summed E-state index contributed by atoms with van der Waals surface area (Å²) >= 11 is 3.13. The first kappa shape index (κ1) is 16.4. The van der Waals surface area contributed by atoms with E-state index in [-0.39, 0.29) is 17.8 Å². The maximum absolute atomic E-state index is 13.7. The molecule has 5 heteroatoms. The Kier molecular flexibility index (Phi) is 6.20. The van der Waals surface area contributed by atoms with Crippen LogP contribution in [0.5, 0.6) is 5.75 Å². The molecule has 0 radical (unpaired) electrons. The molecule has 0 fully saturated rings. The predicted octanol–water partition coefficient (Wildman–Crippen LogP) is 4.13. The van der Waals surface area contributed by atoms with Crippen molar-refractivity contribution in [3.63, 3.8) is 0 Å². The van der Waals surface area contributed by atoms with Crippen LogP contribution in [0.4, 0.5) is 8.78 Å². The molecular weight excluding hydrogens is 316 g/mol. The lowest BCUT2D eigenvalue weighted by molar-refractivity contribution is 0.139. The summed E-state index contributed by atoms with van der Waals surface area (Å²) in [4.78, 5) is 0. The molecule has 1 aromatic carbocycles. The molecule has 0 bridgehead atoms. The van der Waals surface area contributed by atoms with Crippen molar-refractivity contribution in [1.29, 1.82) is 0 Å². The van der Waals surface area contributed by atoms with Crippen LogP contribution in [0.25, 0.3) is 0 Å². The fourth-order valence-electron chi connectivity index (χ4n) is 1.55. The fraction of sp³-hybridized carbons (Fsp3) is 0.571. The first-order chi connectivity index (χ1) is 8.81. The van der Waals surface area contributed by atoms with Crippen LogP contribution in [0.1, 0.15) is 27.7 Å². The van der Waals surface area contributed by atoms with Crippen LogP contribution in [-0.4, -0.2) is 18.7 Å². The topological polar surface area (TPSA) is 21.3 Å². The molecule has 19 heavy (non-hydrogen) atoms. The number of halogens is 3. The first-order valence-electron chi connectivity index (χ1n) is 6.35. The van der Waals surface area contributed by atoms with E-state index in [1.165, 1.54) is 6.07 Å². The van der Waals surface area contributed by atoms with E-state index in [9.17, 15) is 8.78 Å². The van der Waals surface area contributed by atoms with Gasteiger partial charge in [-0.3, -0.25) is 0 Å². The van der Waals surface area contributed by atoms with Crippen LogP contribution in [-0.2, 0) is 0 Å². The summed E-state index contributed by atoms with van der Waals surface area (Å²) in [5, 5.41) is 3.24. The molecule has 0 aliphatic carbocycles. The highest BCUT2D eigenvalue weighted by Gasteiger charge is 2.19. The largest absolute Gasteiger partial charge is 0.486 e. The number of hydrogen-bond donors (Lipinski definition) is 1. The highest BCUT2D eigenvalue weighted by atomic mass is 79.9. The van der Waals surface area contributed by atoms with Gasteiger partial charge < -0.3 is 10.1 Å². The summed E-state index contributed by atoms with van der Waals surface area (Å²) in [6.07, 6.45) is -0.217. The maximum Gasteiger partial charge on any atom is 0.200 e. The van der Waals surface area contributed by atoms with Crippen molar-refractivity contribution in [2.24, 2.45) is 5.92 Å². The van der Waals surface area contributed by atoms with Gasteiger partial charge in [-0.2, -0.15) is 4.39 Å². The zero-order valence-electron chi connectivity index (χ0n) is 11.6. The normalized spacial score (nSPS) is 13.1. The Morgan fingerprint density at radius 3 is 2.37 bits per heavy atom. The monoisotopic (exact) mass is 335 g/mol. The average Bonchev–Trinajstić information content (AvgIpc) is 2.29. The van der Waals surface area contributed by atoms with Crippen molar-refractivity contribution in [1.82, 2.24) is 5.32 Å². The summed E-state index contributed by atoms with van der Waals surface area (Å²) < 4.78 is 33.0. The van der Waals surface area contributed by atoms with Crippen molar-refractivity contribution in [3.05, 3.63) is 28.2 Å². The summed E-state index contributed by atoms with van der Waals surface area (Å²) in [5.41, 5.74) is 0. The summed E-state index contributed by atoms with van der Waals surface area (Å²) in [6.45, 7) is 8.61. The van der Waals surface area contributed by atoms with Gasteiger partial charge in [-0.25, -0.2) is 4.39 Å². The lowest BCUT2D eigenvalue weighted by Crippen LogP contribution is -2.38. The van der Waals surface area contributed by atoms with E-state index in [0.29, 0.717) is 17.1 Å². The van der Waals surface area contributed by atoms with E-state index < -0.39 is 11.6 Å². The molecule has 1 N–H and O–H groups in total. The first-order valence-corrected chi connectivity index (χ1v) is 7.15. The van der Waals surface area contributed by atoms with Gasteiger partial charge in [-0.1, -0.05) is 43.6 Å². The van der Waals surface area contributed by atoms with E-state index in [0.717, 1.165) is 6.07 Å². The van der Waals surface area contributed by atoms with Gasteiger partial charge in [0.2, 0.25) is 5.82 Å². The zero-order valence-corrected chi connectivity index (χ0v) is 13.2. The highest BCUT2D eigenvalue weighted by Crippen LogP contribution is 2.27.